The molecule has 4 nitrogen and oxygen atoms in total. The van der Waals surface area contributed by atoms with E-state index in [0.29, 0.717) is 22.7 Å². The van der Waals surface area contributed by atoms with Crippen LogP contribution in [0.1, 0.15) is 57.2 Å². The van der Waals surface area contributed by atoms with Gasteiger partial charge in [-0.15, -0.1) is 11.3 Å². The minimum Gasteiger partial charge on any atom is -0.296 e. The summed E-state index contributed by atoms with van der Waals surface area (Å²) in [7, 11) is 0. The second kappa shape index (κ2) is 6.71. The number of nitrogens with zero attached hydrogens (tertiary/aromatic N) is 2. The van der Waals surface area contributed by atoms with Crippen LogP contribution in [0.4, 0.5) is 0 Å². The summed E-state index contributed by atoms with van der Waals surface area (Å²) in [4.78, 5) is 31.6. The van der Waals surface area contributed by atoms with Crippen molar-refractivity contribution in [1.29, 1.82) is 0 Å². The molecule has 1 saturated carbocycles. The van der Waals surface area contributed by atoms with Crippen LogP contribution >= 0.6 is 11.3 Å². The molecule has 0 N–H and O–H groups in total. The second-order valence-corrected chi connectivity index (χ2v) is 7.90. The first kappa shape index (κ1) is 16.5. The maximum absolute atomic E-state index is 13.2. The number of rotatable bonds is 3. The molecule has 0 bridgehead atoms. The van der Waals surface area contributed by atoms with Crippen LogP contribution in [0, 0.1) is 0 Å². The largest absolute Gasteiger partial charge is 0.296 e. The van der Waals surface area contributed by atoms with Crippen molar-refractivity contribution in [3.8, 4) is 0 Å². The summed E-state index contributed by atoms with van der Waals surface area (Å²) in [6.07, 6.45) is 6.68. The molecule has 1 aromatic carbocycles. The van der Waals surface area contributed by atoms with Crippen LogP contribution in [0.2, 0.25) is 0 Å². The first-order valence-electron chi connectivity index (χ1n) is 9.17. The molecule has 1 aliphatic rings. The van der Waals surface area contributed by atoms with Gasteiger partial charge in [-0.2, -0.15) is 0 Å². The lowest BCUT2D eigenvalue weighted by Crippen LogP contribution is -2.30. The summed E-state index contributed by atoms with van der Waals surface area (Å²) < 4.78 is 2.68. The molecule has 1 aliphatic carbocycles. The van der Waals surface area contributed by atoms with Crippen molar-refractivity contribution in [3.05, 3.63) is 50.7 Å². The smallest absolute Gasteiger partial charge is 0.266 e. The molecule has 2 heterocycles. The molecular weight excluding hydrogens is 332 g/mol. The van der Waals surface area contributed by atoms with E-state index in [1.165, 1.54) is 30.6 Å². The van der Waals surface area contributed by atoms with Gasteiger partial charge in [0.15, 0.2) is 0 Å². The molecule has 2 aromatic heterocycles. The zero-order chi connectivity index (χ0) is 17.4. The average Bonchev–Trinajstić information content (AvgIpc) is 2.64. The maximum Gasteiger partial charge on any atom is 0.266 e. The van der Waals surface area contributed by atoms with Gasteiger partial charge in [0.05, 0.1) is 0 Å². The lowest BCUT2D eigenvalue weighted by molar-refractivity contribution is 0.408. The summed E-state index contributed by atoms with van der Waals surface area (Å²) in [5.74, 6) is 1.23. The van der Waals surface area contributed by atoms with Gasteiger partial charge in [0.2, 0.25) is 5.43 Å². The highest BCUT2D eigenvalue weighted by atomic mass is 32.1. The Morgan fingerprint density at radius 3 is 2.68 bits per heavy atom. The van der Waals surface area contributed by atoms with Gasteiger partial charge in [-0.25, -0.2) is 4.98 Å². The van der Waals surface area contributed by atoms with Gasteiger partial charge in [-0.3, -0.25) is 14.2 Å². The first-order valence-corrected chi connectivity index (χ1v) is 9.98. The fourth-order valence-corrected chi connectivity index (χ4v) is 4.96. The van der Waals surface area contributed by atoms with E-state index in [9.17, 15) is 9.59 Å². The molecule has 5 heteroatoms. The number of aromatic nitrogens is 2. The van der Waals surface area contributed by atoms with E-state index >= 15 is 0 Å². The van der Waals surface area contributed by atoms with Crippen LogP contribution in [0.5, 0.6) is 0 Å². The molecule has 0 radical (unpaired) electrons. The molecule has 3 aromatic rings. The Hall–Kier alpha value is -2.01. The van der Waals surface area contributed by atoms with E-state index < -0.39 is 0 Å². The Labute approximate surface area is 150 Å². The summed E-state index contributed by atoms with van der Waals surface area (Å²) in [6, 6.07) is 7.49. The SMILES string of the molecule is CCCn1c(C2CCCCC2)nc2sc3ccccc3c(=O)c2c1=O. The topological polar surface area (TPSA) is 52.0 Å². The Bertz CT molecular complexity index is 1050. The molecule has 0 unspecified atom stereocenters. The molecule has 25 heavy (non-hydrogen) atoms. The Balaban J connectivity index is 2.05. The summed E-state index contributed by atoms with van der Waals surface area (Å²) >= 11 is 1.46. The molecule has 0 amide bonds. The molecule has 4 rings (SSSR count). The van der Waals surface area contributed by atoms with Crippen LogP contribution in [-0.2, 0) is 6.54 Å². The molecule has 130 valence electrons. The van der Waals surface area contributed by atoms with Crippen LogP contribution in [0.15, 0.2) is 33.9 Å². The van der Waals surface area contributed by atoms with Crippen molar-refractivity contribution in [2.45, 2.75) is 57.9 Å². The van der Waals surface area contributed by atoms with Crippen molar-refractivity contribution in [3.63, 3.8) is 0 Å². The van der Waals surface area contributed by atoms with Gasteiger partial charge >= 0.3 is 0 Å². The van der Waals surface area contributed by atoms with E-state index in [1.807, 2.05) is 18.2 Å². The van der Waals surface area contributed by atoms with Crippen LogP contribution in [-0.4, -0.2) is 9.55 Å². The fourth-order valence-electron chi connectivity index (χ4n) is 3.91. The minimum absolute atomic E-state index is 0.153. The maximum atomic E-state index is 13.2. The van der Waals surface area contributed by atoms with Crippen molar-refractivity contribution in [1.82, 2.24) is 9.55 Å². The lowest BCUT2D eigenvalue weighted by Gasteiger charge is -2.24. The quantitative estimate of drug-likeness (QED) is 0.654. The molecule has 0 atom stereocenters. The molecule has 0 spiro atoms. The summed E-state index contributed by atoms with van der Waals surface area (Å²) in [5, 5.41) is 0.879. The summed E-state index contributed by atoms with van der Waals surface area (Å²) in [5.41, 5.74) is -0.332. The van der Waals surface area contributed by atoms with Gasteiger partial charge in [-0.05, 0) is 31.4 Å². The predicted molar refractivity (Wildman–Crippen MR) is 104 cm³/mol. The van der Waals surface area contributed by atoms with Crippen LogP contribution in [0.3, 0.4) is 0 Å². The van der Waals surface area contributed by atoms with Gasteiger partial charge in [0.25, 0.3) is 5.56 Å². The monoisotopic (exact) mass is 354 g/mol. The van der Waals surface area contributed by atoms with E-state index in [0.717, 1.165) is 29.8 Å². The Morgan fingerprint density at radius 2 is 1.92 bits per heavy atom. The highest BCUT2D eigenvalue weighted by molar-refractivity contribution is 7.24. The van der Waals surface area contributed by atoms with E-state index in [-0.39, 0.29) is 16.4 Å². The van der Waals surface area contributed by atoms with E-state index in [2.05, 4.69) is 6.92 Å². The van der Waals surface area contributed by atoms with Crippen LogP contribution in [0.25, 0.3) is 20.3 Å². The Kier molecular flexibility index (Phi) is 4.42. The molecule has 1 fully saturated rings. The van der Waals surface area contributed by atoms with Gasteiger partial charge in [0, 0.05) is 22.5 Å². The summed E-state index contributed by atoms with van der Waals surface area (Å²) in [6.45, 7) is 2.69. The first-order chi connectivity index (χ1) is 12.2. The van der Waals surface area contributed by atoms with E-state index in [1.54, 1.807) is 10.6 Å². The van der Waals surface area contributed by atoms with Crippen LogP contribution < -0.4 is 11.0 Å². The minimum atomic E-state index is -0.179. The third kappa shape index (κ3) is 2.80. The van der Waals surface area contributed by atoms with Crippen molar-refractivity contribution >= 4 is 31.6 Å². The highest BCUT2D eigenvalue weighted by Gasteiger charge is 2.23. The third-order valence-electron chi connectivity index (χ3n) is 5.15. The molecule has 0 aliphatic heterocycles. The lowest BCUT2D eigenvalue weighted by atomic mass is 9.88. The van der Waals surface area contributed by atoms with Gasteiger partial charge in [0.1, 0.15) is 16.0 Å². The number of benzene rings is 1. The molecular formula is C20H22N2O2S. The predicted octanol–water partition coefficient (Wildman–Crippen LogP) is 4.43. The van der Waals surface area contributed by atoms with Gasteiger partial charge in [-0.1, -0.05) is 38.3 Å². The van der Waals surface area contributed by atoms with Crippen molar-refractivity contribution in [2.24, 2.45) is 0 Å². The number of hydrogen-bond acceptors (Lipinski definition) is 4. The van der Waals surface area contributed by atoms with Crippen molar-refractivity contribution < 1.29 is 0 Å². The highest BCUT2D eigenvalue weighted by Crippen LogP contribution is 2.32. The van der Waals surface area contributed by atoms with Crippen molar-refractivity contribution in [2.75, 3.05) is 0 Å². The Morgan fingerprint density at radius 1 is 1.16 bits per heavy atom. The fraction of sp³-hybridized carbons (Fsp3) is 0.450. The standard InChI is InChI=1S/C20H22N2O2S/c1-2-12-22-18(13-8-4-3-5-9-13)21-19-16(20(22)24)17(23)14-10-6-7-11-15(14)25-19/h6-7,10-11,13H,2-5,8-9,12H2,1H3. The van der Waals surface area contributed by atoms with E-state index in [4.69, 9.17) is 4.98 Å². The third-order valence-corrected chi connectivity index (χ3v) is 6.21. The average molecular weight is 354 g/mol. The molecule has 0 saturated heterocycles. The zero-order valence-electron chi connectivity index (χ0n) is 14.5. The van der Waals surface area contributed by atoms with Gasteiger partial charge < -0.3 is 0 Å². The normalized spacial score (nSPS) is 15.9. The number of hydrogen-bond donors (Lipinski definition) is 0. The number of fused-ring (bicyclic) bond motifs is 2. The second-order valence-electron chi connectivity index (χ2n) is 6.87. The zero-order valence-corrected chi connectivity index (χ0v) is 15.3.